The van der Waals surface area contributed by atoms with E-state index in [1.165, 1.54) is 33.4 Å². The Morgan fingerprint density at radius 2 is 1.69 bits per heavy atom. The molecular formula is C28H25N. The van der Waals surface area contributed by atoms with Crippen molar-refractivity contribution < 1.29 is 0 Å². The standard InChI is InChI=1S/C28H25N/c1-21-9-7-13-24(19-21)29(27-15-8-11-22-10-3-4-14-26(22)27)25-16-18-28(2)17-6-5-12-23(28)20-25/h3-20,23H,1-2H3. The molecule has 2 atom stereocenters. The quantitative estimate of drug-likeness (QED) is 0.458. The molecular weight excluding hydrogens is 350 g/mol. The van der Waals surface area contributed by atoms with Crippen LogP contribution in [0.3, 0.4) is 0 Å². The Balaban J connectivity index is 1.71. The molecule has 0 saturated carbocycles. The minimum atomic E-state index is 0.0509. The first-order chi connectivity index (χ1) is 14.1. The highest BCUT2D eigenvalue weighted by Crippen LogP contribution is 2.43. The van der Waals surface area contributed by atoms with Gasteiger partial charge in [-0.25, -0.2) is 0 Å². The molecule has 1 heteroatoms. The summed E-state index contributed by atoms with van der Waals surface area (Å²) in [6.07, 6.45) is 16.0. The van der Waals surface area contributed by atoms with E-state index in [9.17, 15) is 0 Å². The first-order valence-electron chi connectivity index (χ1n) is 10.3. The lowest BCUT2D eigenvalue weighted by atomic mass is 9.71. The fourth-order valence-corrected chi connectivity index (χ4v) is 4.42. The first-order valence-corrected chi connectivity index (χ1v) is 10.3. The van der Waals surface area contributed by atoms with E-state index in [0.717, 1.165) is 0 Å². The fourth-order valence-electron chi connectivity index (χ4n) is 4.42. The van der Waals surface area contributed by atoms with Crippen molar-refractivity contribution in [2.75, 3.05) is 4.90 Å². The molecule has 2 unspecified atom stereocenters. The van der Waals surface area contributed by atoms with Crippen LogP contribution >= 0.6 is 0 Å². The predicted molar refractivity (Wildman–Crippen MR) is 124 cm³/mol. The Morgan fingerprint density at radius 1 is 0.862 bits per heavy atom. The lowest BCUT2D eigenvalue weighted by molar-refractivity contribution is 0.449. The van der Waals surface area contributed by atoms with Crippen LogP contribution in [0.5, 0.6) is 0 Å². The SMILES string of the molecule is Cc1cccc(N(C2=CC3C=CC=CC3(C)C=C2)c2cccc3ccccc23)c1. The van der Waals surface area contributed by atoms with E-state index < -0.39 is 0 Å². The van der Waals surface area contributed by atoms with Gasteiger partial charge in [-0.15, -0.1) is 0 Å². The van der Waals surface area contributed by atoms with Crippen LogP contribution in [-0.4, -0.2) is 0 Å². The van der Waals surface area contributed by atoms with Crippen molar-refractivity contribution in [1.82, 2.24) is 0 Å². The largest absolute Gasteiger partial charge is 0.310 e. The summed E-state index contributed by atoms with van der Waals surface area (Å²) in [5.74, 6) is 0.356. The highest BCUT2D eigenvalue weighted by molar-refractivity contribution is 5.97. The molecule has 2 aliphatic carbocycles. The van der Waals surface area contributed by atoms with Gasteiger partial charge in [-0.1, -0.05) is 91.9 Å². The minimum Gasteiger partial charge on any atom is -0.310 e. The van der Waals surface area contributed by atoms with E-state index >= 15 is 0 Å². The van der Waals surface area contributed by atoms with Crippen molar-refractivity contribution in [3.8, 4) is 0 Å². The van der Waals surface area contributed by atoms with E-state index in [2.05, 4.69) is 128 Å². The van der Waals surface area contributed by atoms with Gasteiger partial charge in [0, 0.05) is 28.1 Å². The van der Waals surface area contributed by atoms with Crippen molar-refractivity contribution in [3.05, 3.63) is 121 Å². The maximum absolute atomic E-state index is 2.41. The molecule has 5 rings (SSSR count). The smallest absolute Gasteiger partial charge is 0.0539 e. The van der Waals surface area contributed by atoms with E-state index in [-0.39, 0.29) is 5.41 Å². The second kappa shape index (κ2) is 6.93. The van der Waals surface area contributed by atoms with Crippen molar-refractivity contribution in [2.45, 2.75) is 13.8 Å². The van der Waals surface area contributed by atoms with Gasteiger partial charge >= 0.3 is 0 Å². The molecule has 0 aromatic heterocycles. The van der Waals surface area contributed by atoms with Crippen LogP contribution in [0.25, 0.3) is 10.8 Å². The summed E-state index contributed by atoms with van der Waals surface area (Å²) in [5, 5.41) is 2.52. The van der Waals surface area contributed by atoms with Gasteiger partial charge in [0.15, 0.2) is 0 Å². The number of benzene rings is 3. The monoisotopic (exact) mass is 375 g/mol. The summed E-state index contributed by atoms with van der Waals surface area (Å²) in [6, 6.07) is 24.0. The number of fused-ring (bicyclic) bond motifs is 2. The molecule has 0 bridgehead atoms. The summed E-state index contributed by atoms with van der Waals surface area (Å²) in [4.78, 5) is 2.40. The van der Waals surface area contributed by atoms with Crippen LogP contribution in [0.2, 0.25) is 0 Å². The van der Waals surface area contributed by atoms with Gasteiger partial charge in [-0.3, -0.25) is 0 Å². The van der Waals surface area contributed by atoms with Crippen molar-refractivity contribution in [3.63, 3.8) is 0 Å². The van der Waals surface area contributed by atoms with Crippen LogP contribution in [0.4, 0.5) is 11.4 Å². The summed E-state index contributed by atoms with van der Waals surface area (Å²) < 4.78 is 0. The summed E-state index contributed by atoms with van der Waals surface area (Å²) in [5.41, 5.74) is 4.93. The molecule has 29 heavy (non-hydrogen) atoms. The molecule has 142 valence electrons. The fraction of sp³-hybridized carbons (Fsp3) is 0.143. The summed E-state index contributed by atoms with van der Waals surface area (Å²) in [6.45, 7) is 4.46. The zero-order chi connectivity index (χ0) is 19.8. The third-order valence-electron chi connectivity index (χ3n) is 6.09. The van der Waals surface area contributed by atoms with Crippen molar-refractivity contribution >= 4 is 22.1 Å². The van der Waals surface area contributed by atoms with Crippen molar-refractivity contribution in [2.24, 2.45) is 11.3 Å². The summed E-state index contributed by atoms with van der Waals surface area (Å²) >= 11 is 0. The van der Waals surface area contributed by atoms with Crippen LogP contribution in [0.15, 0.2) is 115 Å². The molecule has 2 aliphatic rings. The molecule has 0 amide bonds. The van der Waals surface area contributed by atoms with Crippen LogP contribution < -0.4 is 4.90 Å². The summed E-state index contributed by atoms with van der Waals surface area (Å²) in [7, 11) is 0. The molecule has 0 spiro atoms. The van der Waals surface area contributed by atoms with Gasteiger partial charge in [-0.05, 0) is 42.1 Å². The minimum absolute atomic E-state index is 0.0509. The highest BCUT2D eigenvalue weighted by atomic mass is 15.1. The van der Waals surface area contributed by atoms with Gasteiger partial charge in [0.05, 0.1) is 5.69 Å². The van der Waals surface area contributed by atoms with E-state index in [4.69, 9.17) is 0 Å². The lowest BCUT2D eigenvalue weighted by Crippen LogP contribution is -2.27. The van der Waals surface area contributed by atoms with Gasteiger partial charge < -0.3 is 4.90 Å². The van der Waals surface area contributed by atoms with Gasteiger partial charge in [0.1, 0.15) is 0 Å². The van der Waals surface area contributed by atoms with E-state index in [1.54, 1.807) is 0 Å². The normalized spacial score (nSPS) is 22.4. The third kappa shape index (κ3) is 3.13. The lowest BCUT2D eigenvalue weighted by Gasteiger charge is -2.37. The molecule has 3 aromatic rings. The number of allylic oxidation sites excluding steroid dienone is 7. The van der Waals surface area contributed by atoms with E-state index in [0.29, 0.717) is 5.92 Å². The van der Waals surface area contributed by atoms with Gasteiger partial charge in [0.25, 0.3) is 0 Å². The number of rotatable bonds is 3. The van der Waals surface area contributed by atoms with Crippen LogP contribution in [0, 0.1) is 18.3 Å². The maximum Gasteiger partial charge on any atom is 0.0539 e. The van der Waals surface area contributed by atoms with E-state index in [1.807, 2.05) is 0 Å². The molecule has 0 saturated heterocycles. The zero-order valence-electron chi connectivity index (χ0n) is 16.9. The number of anilines is 2. The number of hydrogen-bond acceptors (Lipinski definition) is 1. The van der Waals surface area contributed by atoms with Crippen LogP contribution in [0.1, 0.15) is 12.5 Å². The second-order valence-corrected chi connectivity index (χ2v) is 8.23. The molecule has 0 radical (unpaired) electrons. The molecule has 0 N–H and O–H groups in total. The Kier molecular flexibility index (Phi) is 4.24. The molecule has 0 heterocycles. The highest BCUT2D eigenvalue weighted by Gasteiger charge is 2.31. The first kappa shape index (κ1) is 17.8. The topological polar surface area (TPSA) is 3.24 Å². The number of hydrogen-bond donors (Lipinski definition) is 0. The van der Waals surface area contributed by atoms with Gasteiger partial charge in [0.2, 0.25) is 0 Å². The second-order valence-electron chi connectivity index (χ2n) is 8.23. The Labute approximate surface area is 173 Å². The van der Waals surface area contributed by atoms with Gasteiger partial charge in [-0.2, -0.15) is 0 Å². The number of nitrogens with zero attached hydrogens (tertiary/aromatic N) is 1. The third-order valence-corrected chi connectivity index (χ3v) is 6.09. The molecule has 3 aromatic carbocycles. The number of aryl methyl sites for hydroxylation is 1. The zero-order valence-corrected chi connectivity index (χ0v) is 16.9. The van der Waals surface area contributed by atoms with Crippen molar-refractivity contribution in [1.29, 1.82) is 0 Å². The van der Waals surface area contributed by atoms with Crippen LogP contribution in [-0.2, 0) is 0 Å². The Morgan fingerprint density at radius 3 is 2.59 bits per heavy atom. The molecule has 1 nitrogen and oxygen atoms in total. The predicted octanol–water partition coefficient (Wildman–Crippen LogP) is 7.49. The Hall–Kier alpha value is -3.32. The Bertz CT molecular complexity index is 1190. The maximum atomic E-state index is 2.41. The molecule has 0 fully saturated rings. The average Bonchev–Trinajstić information content (AvgIpc) is 2.74. The average molecular weight is 376 g/mol. The molecule has 0 aliphatic heterocycles.